The summed E-state index contributed by atoms with van der Waals surface area (Å²) in [6.45, 7) is 0.302. The lowest BCUT2D eigenvalue weighted by Crippen LogP contribution is -2.12. The summed E-state index contributed by atoms with van der Waals surface area (Å²) in [5.74, 6) is -0.944. The molecule has 0 radical (unpaired) electrons. The van der Waals surface area contributed by atoms with Gasteiger partial charge in [-0.25, -0.2) is 4.39 Å². The van der Waals surface area contributed by atoms with Gasteiger partial charge in [-0.1, -0.05) is 17.7 Å². The van der Waals surface area contributed by atoms with E-state index in [1.807, 2.05) is 35.0 Å². The molecule has 1 amide bonds. The van der Waals surface area contributed by atoms with Crippen molar-refractivity contribution in [1.29, 1.82) is 0 Å². The van der Waals surface area contributed by atoms with Crippen LogP contribution in [0.3, 0.4) is 0 Å². The minimum Gasteiger partial charge on any atom is -0.366 e. The Balaban J connectivity index is 2.04. The first-order valence-electron chi connectivity index (χ1n) is 6.37. The first-order valence-corrected chi connectivity index (χ1v) is 6.75. The Kier molecular flexibility index (Phi) is 3.39. The lowest BCUT2D eigenvalue weighted by atomic mass is 10.1. The molecule has 0 aliphatic rings. The highest BCUT2D eigenvalue weighted by Gasteiger charge is 2.09. The van der Waals surface area contributed by atoms with Crippen LogP contribution in [0.4, 0.5) is 4.39 Å². The number of fused-ring (bicyclic) bond motifs is 1. The maximum Gasteiger partial charge on any atom is 0.248 e. The van der Waals surface area contributed by atoms with Gasteiger partial charge in [0.1, 0.15) is 5.82 Å². The summed E-state index contributed by atoms with van der Waals surface area (Å²) in [6.07, 6.45) is 1.86. The molecule has 0 aliphatic heterocycles. The van der Waals surface area contributed by atoms with Gasteiger partial charge in [0.05, 0.1) is 6.54 Å². The van der Waals surface area contributed by atoms with Crippen molar-refractivity contribution in [2.24, 2.45) is 5.73 Å². The number of primary amides is 1. The predicted octanol–water partition coefficient (Wildman–Crippen LogP) is 3.58. The molecular formula is C16H12ClFN2O. The standard InChI is InChI=1S/C16H12ClFN2O/c17-13-3-1-10-5-6-20(15(10)8-13)9-12-7-11(16(19)21)2-4-14(12)18/h1-8H,9H2,(H2,19,21). The molecule has 3 nitrogen and oxygen atoms in total. The molecule has 3 rings (SSSR count). The number of aromatic nitrogens is 1. The second-order valence-corrected chi connectivity index (χ2v) is 5.25. The largest absolute Gasteiger partial charge is 0.366 e. The van der Waals surface area contributed by atoms with Crippen LogP contribution >= 0.6 is 11.6 Å². The van der Waals surface area contributed by atoms with Crippen molar-refractivity contribution in [2.45, 2.75) is 6.54 Å². The molecule has 3 aromatic rings. The van der Waals surface area contributed by atoms with E-state index in [0.29, 0.717) is 22.7 Å². The zero-order chi connectivity index (χ0) is 15.0. The zero-order valence-electron chi connectivity index (χ0n) is 11.0. The van der Waals surface area contributed by atoms with E-state index in [-0.39, 0.29) is 5.82 Å². The Morgan fingerprint density at radius 2 is 2.00 bits per heavy atom. The van der Waals surface area contributed by atoms with E-state index in [0.717, 1.165) is 10.9 Å². The second kappa shape index (κ2) is 5.22. The Morgan fingerprint density at radius 1 is 1.19 bits per heavy atom. The molecule has 2 N–H and O–H groups in total. The normalized spacial score (nSPS) is 11.0. The van der Waals surface area contributed by atoms with Crippen molar-refractivity contribution in [1.82, 2.24) is 4.57 Å². The first kappa shape index (κ1) is 13.6. The molecule has 2 aromatic carbocycles. The number of hydrogen-bond acceptors (Lipinski definition) is 1. The topological polar surface area (TPSA) is 48.0 Å². The summed E-state index contributed by atoms with van der Waals surface area (Å²) in [7, 11) is 0. The number of carbonyl (C=O) groups excluding carboxylic acids is 1. The summed E-state index contributed by atoms with van der Waals surface area (Å²) in [5.41, 5.74) is 6.84. The van der Waals surface area contributed by atoms with Crippen LogP contribution in [0.1, 0.15) is 15.9 Å². The van der Waals surface area contributed by atoms with Gasteiger partial charge in [0.25, 0.3) is 0 Å². The van der Waals surface area contributed by atoms with Gasteiger partial charge in [0, 0.05) is 27.9 Å². The minimum atomic E-state index is -0.573. The average molecular weight is 303 g/mol. The van der Waals surface area contributed by atoms with E-state index in [1.165, 1.54) is 18.2 Å². The fourth-order valence-electron chi connectivity index (χ4n) is 2.33. The van der Waals surface area contributed by atoms with Crippen LogP contribution in [0.15, 0.2) is 48.7 Å². The molecule has 1 heterocycles. The van der Waals surface area contributed by atoms with Crippen LogP contribution in [-0.2, 0) is 6.54 Å². The molecule has 1 aromatic heterocycles. The number of amides is 1. The van der Waals surface area contributed by atoms with Gasteiger partial charge in [0.2, 0.25) is 5.91 Å². The molecule has 21 heavy (non-hydrogen) atoms. The van der Waals surface area contributed by atoms with Crippen LogP contribution in [0, 0.1) is 5.82 Å². The zero-order valence-corrected chi connectivity index (χ0v) is 11.8. The maximum absolute atomic E-state index is 13.9. The number of halogens is 2. The Bertz CT molecular complexity index is 841. The van der Waals surface area contributed by atoms with Crippen LogP contribution in [0.25, 0.3) is 10.9 Å². The highest BCUT2D eigenvalue weighted by atomic mass is 35.5. The number of nitrogens with two attached hydrogens (primary N) is 1. The summed E-state index contributed by atoms with van der Waals surface area (Å²) < 4.78 is 15.8. The molecule has 0 spiro atoms. The quantitative estimate of drug-likeness (QED) is 0.790. The minimum absolute atomic E-state index is 0.292. The van der Waals surface area contributed by atoms with E-state index >= 15 is 0 Å². The molecular weight excluding hydrogens is 291 g/mol. The van der Waals surface area contributed by atoms with Gasteiger partial charge in [-0.05, 0) is 41.8 Å². The van der Waals surface area contributed by atoms with Gasteiger partial charge in [-0.3, -0.25) is 4.79 Å². The number of carbonyl (C=O) groups is 1. The lowest BCUT2D eigenvalue weighted by molar-refractivity contribution is 0.1000. The van der Waals surface area contributed by atoms with Crippen LogP contribution in [-0.4, -0.2) is 10.5 Å². The average Bonchev–Trinajstić information content (AvgIpc) is 2.83. The number of nitrogens with zero attached hydrogens (tertiary/aromatic N) is 1. The van der Waals surface area contributed by atoms with E-state index in [9.17, 15) is 9.18 Å². The van der Waals surface area contributed by atoms with Crippen molar-refractivity contribution in [3.05, 3.63) is 70.6 Å². The summed E-state index contributed by atoms with van der Waals surface area (Å²) in [4.78, 5) is 11.2. The molecule has 106 valence electrons. The molecule has 0 fully saturated rings. The van der Waals surface area contributed by atoms with Crippen molar-refractivity contribution in [3.8, 4) is 0 Å². The Morgan fingerprint density at radius 3 is 2.76 bits per heavy atom. The molecule has 5 heteroatoms. The van der Waals surface area contributed by atoms with Crippen molar-refractivity contribution < 1.29 is 9.18 Å². The van der Waals surface area contributed by atoms with Gasteiger partial charge < -0.3 is 10.3 Å². The molecule has 0 unspecified atom stereocenters. The van der Waals surface area contributed by atoms with E-state index < -0.39 is 5.91 Å². The molecule has 0 aliphatic carbocycles. The van der Waals surface area contributed by atoms with Crippen LogP contribution in [0.2, 0.25) is 5.02 Å². The van der Waals surface area contributed by atoms with Gasteiger partial charge >= 0.3 is 0 Å². The summed E-state index contributed by atoms with van der Waals surface area (Å²) in [6, 6.07) is 11.6. The third-order valence-electron chi connectivity index (χ3n) is 3.41. The molecule has 0 atom stereocenters. The molecule has 0 saturated heterocycles. The second-order valence-electron chi connectivity index (χ2n) is 4.82. The van der Waals surface area contributed by atoms with E-state index in [2.05, 4.69) is 0 Å². The smallest absolute Gasteiger partial charge is 0.248 e. The van der Waals surface area contributed by atoms with Crippen molar-refractivity contribution in [3.63, 3.8) is 0 Å². The van der Waals surface area contributed by atoms with Gasteiger partial charge in [0.15, 0.2) is 0 Å². The molecule has 0 bridgehead atoms. The van der Waals surface area contributed by atoms with E-state index in [1.54, 1.807) is 0 Å². The SMILES string of the molecule is NC(=O)c1ccc(F)c(Cn2ccc3ccc(Cl)cc32)c1. The third-order valence-corrected chi connectivity index (χ3v) is 3.64. The van der Waals surface area contributed by atoms with Crippen molar-refractivity contribution in [2.75, 3.05) is 0 Å². The highest BCUT2D eigenvalue weighted by Crippen LogP contribution is 2.22. The highest BCUT2D eigenvalue weighted by molar-refractivity contribution is 6.31. The summed E-state index contributed by atoms with van der Waals surface area (Å²) in [5, 5.41) is 1.64. The Labute approximate surface area is 125 Å². The predicted molar refractivity (Wildman–Crippen MR) is 81.0 cm³/mol. The lowest BCUT2D eigenvalue weighted by Gasteiger charge is -2.08. The third kappa shape index (κ3) is 2.62. The van der Waals surface area contributed by atoms with E-state index in [4.69, 9.17) is 17.3 Å². The van der Waals surface area contributed by atoms with Crippen molar-refractivity contribution >= 4 is 28.4 Å². The monoisotopic (exact) mass is 302 g/mol. The number of hydrogen-bond donors (Lipinski definition) is 1. The number of rotatable bonds is 3. The van der Waals surface area contributed by atoms with Gasteiger partial charge in [-0.15, -0.1) is 0 Å². The van der Waals surface area contributed by atoms with Crippen LogP contribution in [0.5, 0.6) is 0 Å². The fourth-order valence-corrected chi connectivity index (χ4v) is 2.49. The first-order chi connectivity index (χ1) is 10.0. The van der Waals surface area contributed by atoms with Gasteiger partial charge in [-0.2, -0.15) is 0 Å². The number of benzene rings is 2. The maximum atomic E-state index is 13.9. The van der Waals surface area contributed by atoms with Crippen LogP contribution < -0.4 is 5.73 Å². The molecule has 0 saturated carbocycles. The fraction of sp³-hybridized carbons (Fsp3) is 0.0625. The Hall–Kier alpha value is -2.33. The summed E-state index contributed by atoms with van der Waals surface area (Å²) >= 11 is 6.00.